The number of nitrogen functional groups attached to an aromatic ring is 1. The van der Waals surface area contributed by atoms with Gasteiger partial charge in [-0.05, 0) is 20.8 Å². The molecule has 0 bridgehead atoms. The first-order valence-corrected chi connectivity index (χ1v) is 7.52. The van der Waals surface area contributed by atoms with Crippen LogP contribution in [-0.4, -0.2) is 44.0 Å². The first kappa shape index (κ1) is 17.2. The maximum absolute atomic E-state index is 12.2. The summed E-state index contributed by atoms with van der Waals surface area (Å²) < 4.78 is 0. The van der Waals surface area contributed by atoms with Crippen LogP contribution in [0.5, 0.6) is 0 Å². The fourth-order valence-electron chi connectivity index (χ4n) is 1.58. The van der Waals surface area contributed by atoms with Gasteiger partial charge in [-0.1, -0.05) is 11.3 Å². The highest BCUT2D eigenvalue weighted by Crippen LogP contribution is 2.27. The fraction of sp³-hybridized carbons (Fsp3) is 0.615. The zero-order valence-corrected chi connectivity index (χ0v) is 13.9. The second-order valence-corrected chi connectivity index (χ2v) is 6.35. The normalized spacial score (nSPS) is 11.1. The standard InChI is InChI=1S/C13H23N5O2S/c1-6-18(5)12-17-9(14)8(21-12)10(19)16-7-13(2,3)11(20)15-4/h6-7,14H2,1-5H3,(H,15,20)(H,16,19). The zero-order valence-electron chi connectivity index (χ0n) is 13.1. The van der Waals surface area contributed by atoms with Gasteiger partial charge in [0.25, 0.3) is 5.91 Å². The Morgan fingerprint density at radius 1 is 1.43 bits per heavy atom. The average molecular weight is 313 g/mol. The quantitative estimate of drug-likeness (QED) is 0.717. The smallest absolute Gasteiger partial charge is 0.265 e. The number of rotatable bonds is 6. The topological polar surface area (TPSA) is 100 Å². The summed E-state index contributed by atoms with van der Waals surface area (Å²) in [5.41, 5.74) is 5.11. The third-order valence-electron chi connectivity index (χ3n) is 3.18. The molecule has 4 N–H and O–H groups in total. The predicted octanol–water partition coefficient (Wildman–Crippen LogP) is 0.683. The van der Waals surface area contributed by atoms with Gasteiger partial charge in [-0.3, -0.25) is 9.59 Å². The van der Waals surface area contributed by atoms with E-state index in [0.29, 0.717) is 10.0 Å². The van der Waals surface area contributed by atoms with Gasteiger partial charge in [0.15, 0.2) is 5.13 Å². The van der Waals surface area contributed by atoms with Crippen molar-refractivity contribution in [3.05, 3.63) is 4.88 Å². The lowest BCUT2D eigenvalue weighted by atomic mass is 9.92. The molecule has 1 aromatic heterocycles. The van der Waals surface area contributed by atoms with Crippen LogP contribution in [0.1, 0.15) is 30.4 Å². The van der Waals surface area contributed by atoms with Crippen molar-refractivity contribution >= 4 is 34.1 Å². The Bertz CT molecular complexity index is 527. The van der Waals surface area contributed by atoms with Gasteiger partial charge >= 0.3 is 0 Å². The van der Waals surface area contributed by atoms with E-state index in [1.165, 1.54) is 11.3 Å². The molecular formula is C13H23N5O2S. The van der Waals surface area contributed by atoms with Crippen molar-refractivity contribution in [3.63, 3.8) is 0 Å². The van der Waals surface area contributed by atoms with Gasteiger partial charge in [0, 0.05) is 27.2 Å². The van der Waals surface area contributed by atoms with E-state index in [2.05, 4.69) is 15.6 Å². The molecule has 7 nitrogen and oxygen atoms in total. The molecule has 0 aliphatic carbocycles. The van der Waals surface area contributed by atoms with Gasteiger partial charge in [-0.2, -0.15) is 0 Å². The Balaban J connectivity index is 2.77. The van der Waals surface area contributed by atoms with Gasteiger partial charge < -0.3 is 21.3 Å². The molecule has 0 atom stereocenters. The summed E-state index contributed by atoms with van der Waals surface area (Å²) in [5, 5.41) is 6.01. The summed E-state index contributed by atoms with van der Waals surface area (Å²) in [7, 11) is 3.45. The number of anilines is 2. The number of amides is 2. The first-order valence-electron chi connectivity index (χ1n) is 6.70. The molecule has 0 spiro atoms. The van der Waals surface area contributed by atoms with Crippen LogP contribution in [0.25, 0.3) is 0 Å². The van der Waals surface area contributed by atoms with Gasteiger partial charge in [-0.25, -0.2) is 4.98 Å². The highest BCUT2D eigenvalue weighted by molar-refractivity contribution is 7.18. The molecule has 1 aromatic rings. The molecule has 0 unspecified atom stereocenters. The maximum Gasteiger partial charge on any atom is 0.265 e. The van der Waals surface area contributed by atoms with Crippen LogP contribution in [0.3, 0.4) is 0 Å². The summed E-state index contributed by atoms with van der Waals surface area (Å²) in [6, 6.07) is 0. The minimum Gasteiger partial charge on any atom is -0.382 e. The molecule has 2 amide bonds. The van der Waals surface area contributed by atoms with Crippen molar-refractivity contribution < 1.29 is 9.59 Å². The summed E-state index contributed by atoms with van der Waals surface area (Å²) >= 11 is 1.24. The summed E-state index contributed by atoms with van der Waals surface area (Å²) in [6.07, 6.45) is 0. The van der Waals surface area contributed by atoms with E-state index in [1.807, 2.05) is 18.9 Å². The molecular weight excluding hydrogens is 290 g/mol. The monoisotopic (exact) mass is 313 g/mol. The molecule has 0 fully saturated rings. The van der Waals surface area contributed by atoms with Crippen molar-refractivity contribution in [1.29, 1.82) is 0 Å². The van der Waals surface area contributed by atoms with Gasteiger partial charge in [0.05, 0.1) is 5.41 Å². The second kappa shape index (κ2) is 6.75. The van der Waals surface area contributed by atoms with E-state index in [1.54, 1.807) is 20.9 Å². The predicted molar refractivity (Wildman–Crippen MR) is 85.7 cm³/mol. The summed E-state index contributed by atoms with van der Waals surface area (Å²) in [6.45, 7) is 6.51. The minimum absolute atomic E-state index is 0.133. The van der Waals surface area contributed by atoms with E-state index in [-0.39, 0.29) is 24.2 Å². The molecule has 0 aromatic carbocycles. The van der Waals surface area contributed by atoms with E-state index in [9.17, 15) is 9.59 Å². The Labute approximate surface area is 128 Å². The number of thiazole rings is 1. The minimum atomic E-state index is -0.688. The molecule has 1 rings (SSSR count). The second-order valence-electron chi connectivity index (χ2n) is 5.37. The third-order valence-corrected chi connectivity index (χ3v) is 4.37. The van der Waals surface area contributed by atoms with Crippen LogP contribution in [-0.2, 0) is 4.79 Å². The number of hydrogen-bond donors (Lipinski definition) is 3. The van der Waals surface area contributed by atoms with Gasteiger partial charge in [-0.15, -0.1) is 0 Å². The van der Waals surface area contributed by atoms with Crippen molar-refractivity contribution in [1.82, 2.24) is 15.6 Å². The van der Waals surface area contributed by atoms with E-state index in [4.69, 9.17) is 5.73 Å². The molecule has 0 radical (unpaired) electrons. The molecule has 0 saturated heterocycles. The molecule has 8 heteroatoms. The number of carbonyl (C=O) groups is 2. The Morgan fingerprint density at radius 2 is 2.05 bits per heavy atom. The highest BCUT2D eigenvalue weighted by Gasteiger charge is 2.28. The van der Waals surface area contributed by atoms with Crippen molar-refractivity contribution in [2.45, 2.75) is 20.8 Å². The number of nitrogens with one attached hydrogen (secondary N) is 2. The first-order chi connectivity index (χ1) is 9.72. The Kier molecular flexibility index (Phi) is 5.54. The molecule has 1 heterocycles. The largest absolute Gasteiger partial charge is 0.382 e. The van der Waals surface area contributed by atoms with Crippen LogP contribution in [0, 0.1) is 5.41 Å². The fourth-order valence-corrected chi connectivity index (χ4v) is 2.51. The van der Waals surface area contributed by atoms with Crippen LogP contribution < -0.4 is 21.3 Å². The molecule has 0 aliphatic rings. The summed E-state index contributed by atoms with van der Waals surface area (Å²) in [5.74, 6) is -0.227. The molecule has 0 aliphatic heterocycles. The lowest BCUT2D eigenvalue weighted by molar-refractivity contribution is -0.128. The number of hydrogen-bond acceptors (Lipinski definition) is 6. The van der Waals surface area contributed by atoms with Crippen molar-refractivity contribution in [3.8, 4) is 0 Å². The van der Waals surface area contributed by atoms with Crippen LogP contribution in [0.15, 0.2) is 0 Å². The number of carbonyl (C=O) groups excluding carboxylic acids is 2. The molecule has 21 heavy (non-hydrogen) atoms. The van der Waals surface area contributed by atoms with Gasteiger partial charge in [0.2, 0.25) is 5.91 Å². The Morgan fingerprint density at radius 3 is 2.57 bits per heavy atom. The van der Waals surface area contributed by atoms with Crippen LogP contribution in [0.2, 0.25) is 0 Å². The SMILES string of the molecule is CCN(C)c1nc(N)c(C(=O)NCC(C)(C)C(=O)NC)s1. The lowest BCUT2D eigenvalue weighted by Gasteiger charge is -2.22. The lowest BCUT2D eigenvalue weighted by Crippen LogP contribution is -2.43. The third kappa shape index (κ3) is 4.07. The molecule has 0 saturated carbocycles. The van der Waals surface area contributed by atoms with E-state index < -0.39 is 5.41 Å². The van der Waals surface area contributed by atoms with E-state index >= 15 is 0 Å². The number of nitrogens with two attached hydrogens (primary N) is 1. The maximum atomic E-state index is 12.2. The van der Waals surface area contributed by atoms with Crippen LogP contribution in [0.4, 0.5) is 10.9 Å². The number of aromatic nitrogens is 1. The van der Waals surface area contributed by atoms with Crippen molar-refractivity contribution in [2.24, 2.45) is 5.41 Å². The number of nitrogens with zero attached hydrogens (tertiary/aromatic N) is 2. The Hall–Kier alpha value is -1.83. The summed E-state index contributed by atoms with van der Waals surface area (Å²) in [4.78, 5) is 30.3. The highest BCUT2D eigenvalue weighted by atomic mass is 32.1. The van der Waals surface area contributed by atoms with Crippen molar-refractivity contribution in [2.75, 3.05) is 37.8 Å². The zero-order chi connectivity index (χ0) is 16.2. The van der Waals surface area contributed by atoms with Gasteiger partial charge in [0.1, 0.15) is 10.7 Å². The van der Waals surface area contributed by atoms with E-state index in [0.717, 1.165) is 6.54 Å². The molecule has 118 valence electrons. The average Bonchev–Trinajstić information content (AvgIpc) is 2.85. The van der Waals surface area contributed by atoms with Crippen LogP contribution >= 0.6 is 11.3 Å².